The summed E-state index contributed by atoms with van der Waals surface area (Å²) in [5.41, 5.74) is 0.658. The molecule has 0 radical (unpaired) electrons. The average molecular weight is 254 g/mol. The van der Waals surface area contributed by atoms with Crippen LogP contribution in [0, 0.1) is 0 Å². The molecule has 0 fully saturated rings. The van der Waals surface area contributed by atoms with Gasteiger partial charge in [0, 0.05) is 0 Å². The monoisotopic (exact) mass is 253 g/mol. The van der Waals surface area contributed by atoms with Crippen LogP contribution in [0.5, 0.6) is 11.8 Å². The van der Waals surface area contributed by atoms with Crippen LogP contribution in [0.1, 0.15) is 5.69 Å². The number of rotatable bonds is 6. The van der Waals surface area contributed by atoms with Crippen molar-refractivity contribution in [2.75, 3.05) is 13.2 Å². The summed E-state index contributed by atoms with van der Waals surface area (Å²) in [7, 11) is 0. The van der Waals surface area contributed by atoms with Gasteiger partial charge in [0.25, 0.3) is 0 Å². The average Bonchev–Trinajstić information content (AvgIpc) is 2.84. The maximum atomic E-state index is 5.58. The molecule has 1 aromatic carbocycles. The Balaban J connectivity index is 1.69. The molecule has 0 aliphatic rings. The van der Waals surface area contributed by atoms with E-state index in [1.54, 1.807) is 0 Å². The van der Waals surface area contributed by atoms with Crippen molar-refractivity contribution >= 4 is 11.6 Å². The molecule has 0 amide bonds. The fourth-order valence-corrected chi connectivity index (χ4v) is 1.34. The highest BCUT2D eigenvalue weighted by molar-refractivity contribution is 6.16. The molecule has 2 aromatic rings. The number of para-hydroxylation sites is 1. The molecular formula is C12H12ClNO3. The zero-order chi connectivity index (χ0) is 11.9. The molecule has 0 saturated carbocycles. The van der Waals surface area contributed by atoms with Crippen molar-refractivity contribution in [3.05, 3.63) is 42.3 Å². The number of benzene rings is 1. The molecule has 1 aromatic heterocycles. The molecule has 5 heteroatoms. The second kappa shape index (κ2) is 6.15. The van der Waals surface area contributed by atoms with Gasteiger partial charge in [-0.2, -0.15) is 4.98 Å². The van der Waals surface area contributed by atoms with E-state index in [-0.39, 0.29) is 6.08 Å². The Morgan fingerprint density at radius 1 is 1.12 bits per heavy atom. The number of hydrogen-bond acceptors (Lipinski definition) is 4. The third kappa shape index (κ3) is 3.67. The van der Waals surface area contributed by atoms with Crippen molar-refractivity contribution in [1.82, 2.24) is 4.98 Å². The molecule has 17 heavy (non-hydrogen) atoms. The Hall–Kier alpha value is -1.68. The summed E-state index contributed by atoms with van der Waals surface area (Å²) in [5.74, 6) is 1.12. The Morgan fingerprint density at radius 3 is 2.59 bits per heavy atom. The van der Waals surface area contributed by atoms with Crippen LogP contribution in [0.4, 0.5) is 0 Å². The van der Waals surface area contributed by atoms with Crippen LogP contribution in [0.15, 0.2) is 41.0 Å². The van der Waals surface area contributed by atoms with Crippen molar-refractivity contribution in [2.45, 2.75) is 5.88 Å². The lowest BCUT2D eigenvalue weighted by Crippen LogP contribution is -2.09. The minimum absolute atomic E-state index is 0.220. The number of alkyl halides is 1. The molecule has 0 aliphatic carbocycles. The van der Waals surface area contributed by atoms with E-state index in [4.69, 9.17) is 25.5 Å². The maximum Gasteiger partial charge on any atom is 0.393 e. The standard InChI is InChI=1S/C12H12ClNO3/c13-8-10-9-17-12(14-10)16-7-6-15-11-4-2-1-3-5-11/h1-5,9H,6-8H2. The van der Waals surface area contributed by atoms with Gasteiger partial charge < -0.3 is 13.9 Å². The lowest BCUT2D eigenvalue weighted by Gasteiger charge is -2.05. The van der Waals surface area contributed by atoms with Gasteiger partial charge in [-0.25, -0.2) is 0 Å². The molecule has 90 valence electrons. The van der Waals surface area contributed by atoms with E-state index in [0.717, 1.165) is 5.75 Å². The molecule has 0 atom stereocenters. The van der Waals surface area contributed by atoms with E-state index < -0.39 is 0 Å². The zero-order valence-electron chi connectivity index (χ0n) is 9.14. The van der Waals surface area contributed by atoms with E-state index in [1.807, 2.05) is 30.3 Å². The van der Waals surface area contributed by atoms with Crippen molar-refractivity contribution in [1.29, 1.82) is 0 Å². The van der Waals surface area contributed by atoms with Crippen molar-refractivity contribution in [2.24, 2.45) is 0 Å². The summed E-state index contributed by atoms with van der Waals surface area (Å²) in [6, 6.07) is 9.53. The fourth-order valence-electron chi connectivity index (χ4n) is 1.22. The van der Waals surface area contributed by atoms with Crippen LogP contribution in [-0.4, -0.2) is 18.2 Å². The van der Waals surface area contributed by atoms with Crippen molar-refractivity contribution in [3.8, 4) is 11.8 Å². The van der Waals surface area contributed by atoms with Gasteiger partial charge in [-0.05, 0) is 12.1 Å². The van der Waals surface area contributed by atoms with Gasteiger partial charge in [-0.1, -0.05) is 18.2 Å². The third-order valence-electron chi connectivity index (χ3n) is 1.99. The summed E-state index contributed by atoms with van der Waals surface area (Å²) in [5, 5.41) is 0. The number of hydrogen-bond donors (Lipinski definition) is 0. The highest BCUT2D eigenvalue weighted by Gasteiger charge is 2.03. The number of ether oxygens (including phenoxy) is 2. The van der Waals surface area contributed by atoms with Crippen LogP contribution < -0.4 is 9.47 Å². The summed E-state index contributed by atoms with van der Waals surface area (Å²) >= 11 is 5.58. The minimum Gasteiger partial charge on any atom is -0.490 e. The summed E-state index contributed by atoms with van der Waals surface area (Å²) in [4.78, 5) is 4.00. The molecule has 1 heterocycles. The molecule has 2 rings (SSSR count). The zero-order valence-corrected chi connectivity index (χ0v) is 9.89. The molecule has 0 spiro atoms. The number of halogens is 1. The van der Waals surface area contributed by atoms with E-state index >= 15 is 0 Å². The predicted octanol–water partition coefficient (Wildman–Crippen LogP) is 2.87. The van der Waals surface area contributed by atoms with Gasteiger partial charge in [0.05, 0.1) is 11.6 Å². The number of oxazole rings is 1. The topological polar surface area (TPSA) is 44.5 Å². The van der Waals surface area contributed by atoms with Crippen LogP contribution >= 0.6 is 11.6 Å². The van der Waals surface area contributed by atoms with Crippen LogP contribution in [0.25, 0.3) is 0 Å². The molecule has 4 nitrogen and oxygen atoms in total. The molecule has 0 unspecified atom stereocenters. The summed E-state index contributed by atoms with van der Waals surface area (Å²) in [6.07, 6.45) is 1.69. The molecule has 0 bridgehead atoms. The van der Waals surface area contributed by atoms with Gasteiger partial charge in [-0.3, -0.25) is 0 Å². The van der Waals surface area contributed by atoms with Crippen molar-refractivity contribution in [3.63, 3.8) is 0 Å². The van der Waals surface area contributed by atoms with Gasteiger partial charge in [-0.15, -0.1) is 11.6 Å². The third-order valence-corrected chi connectivity index (χ3v) is 2.26. The van der Waals surface area contributed by atoms with Crippen LogP contribution in [0.2, 0.25) is 0 Å². The normalized spacial score (nSPS) is 10.2. The van der Waals surface area contributed by atoms with Crippen LogP contribution in [0.3, 0.4) is 0 Å². The molecule has 0 N–H and O–H groups in total. The van der Waals surface area contributed by atoms with Gasteiger partial charge >= 0.3 is 6.08 Å². The highest BCUT2D eigenvalue weighted by atomic mass is 35.5. The lowest BCUT2D eigenvalue weighted by atomic mass is 10.3. The lowest BCUT2D eigenvalue weighted by molar-refractivity contribution is 0.176. The minimum atomic E-state index is 0.220. The van der Waals surface area contributed by atoms with Crippen molar-refractivity contribution < 1.29 is 13.9 Å². The largest absolute Gasteiger partial charge is 0.490 e. The second-order valence-electron chi connectivity index (χ2n) is 3.25. The van der Waals surface area contributed by atoms with E-state index in [2.05, 4.69) is 4.98 Å². The van der Waals surface area contributed by atoms with Crippen LogP contribution in [-0.2, 0) is 5.88 Å². The SMILES string of the molecule is ClCc1coc(OCCOc2ccccc2)n1. The fraction of sp³-hybridized carbons (Fsp3) is 0.250. The number of nitrogens with zero attached hydrogens (tertiary/aromatic N) is 1. The quantitative estimate of drug-likeness (QED) is 0.587. The van der Waals surface area contributed by atoms with Gasteiger partial charge in [0.2, 0.25) is 0 Å². The summed E-state index contributed by atoms with van der Waals surface area (Å²) in [6.45, 7) is 0.805. The Kier molecular flexibility index (Phi) is 4.27. The first-order valence-electron chi connectivity index (χ1n) is 5.19. The highest BCUT2D eigenvalue weighted by Crippen LogP contribution is 2.12. The first-order chi connectivity index (χ1) is 8.38. The smallest absolute Gasteiger partial charge is 0.393 e. The first kappa shape index (κ1) is 11.8. The first-order valence-corrected chi connectivity index (χ1v) is 5.73. The predicted molar refractivity (Wildman–Crippen MR) is 63.5 cm³/mol. The Morgan fingerprint density at radius 2 is 1.88 bits per heavy atom. The second-order valence-corrected chi connectivity index (χ2v) is 3.52. The molecule has 0 saturated heterocycles. The van der Waals surface area contributed by atoms with Gasteiger partial charge in [0.15, 0.2) is 0 Å². The van der Waals surface area contributed by atoms with E-state index in [9.17, 15) is 0 Å². The molecular weight excluding hydrogens is 242 g/mol. The molecule has 0 aliphatic heterocycles. The van der Waals surface area contributed by atoms with Gasteiger partial charge in [0.1, 0.15) is 25.2 Å². The Labute approximate surface area is 104 Å². The maximum absolute atomic E-state index is 5.58. The Bertz CT molecular complexity index is 444. The number of aromatic nitrogens is 1. The van der Waals surface area contributed by atoms with E-state index in [0.29, 0.717) is 24.8 Å². The summed E-state index contributed by atoms with van der Waals surface area (Å²) < 4.78 is 15.7. The van der Waals surface area contributed by atoms with E-state index in [1.165, 1.54) is 6.26 Å².